The van der Waals surface area contributed by atoms with Crippen molar-refractivity contribution in [3.05, 3.63) is 48.2 Å². The molecule has 0 spiro atoms. The second kappa shape index (κ2) is 8.77. The summed E-state index contributed by atoms with van der Waals surface area (Å²) in [6.07, 6.45) is 3.09. The van der Waals surface area contributed by atoms with Crippen LogP contribution in [-0.4, -0.2) is 79.0 Å². The number of piperazine rings is 1. The Morgan fingerprint density at radius 3 is 2.52 bits per heavy atom. The molecule has 1 amide bonds. The van der Waals surface area contributed by atoms with Gasteiger partial charge in [-0.05, 0) is 26.2 Å². The Morgan fingerprint density at radius 2 is 1.89 bits per heavy atom. The molecule has 0 radical (unpaired) electrons. The molecule has 8 heteroatoms. The van der Waals surface area contributed by atoms with Crippen LogP contribution >= 0.6 is 0 Å². The molecule has 2 aromatic rings. The number of rotatable bonds is 6. The van der Waals surface area contributed by atoms with Gasteiger partial charge in [-0.2, -0.15) is 0 Å². The van der Waals surface area contributed by atoms with Crippen molar-refractivity contribution >= 4 is 17.4 Å². The third kappa shape index (κ3) is 4.91. The number of hydrogen-bond acceptors (Lipinski definition) is 6. The number of likely N-dealkylation sites (N-methyl/N-ethyl adjacent to an activating group) is 1. The van der Waals surface area contributed by atoms with Crippen LogP contribution in [0.15, 0.2) is 36.7 Å². The van der Waals surface area contributed by atoms with Gasteiger partial charge in [0.2, 0.25) is 0 Å². The molecule has 0 bridgehead atoms. The summed E-state index contributed by atoms with van der Waals surface area (Å²) < 4.78 is 13.9. The van der Waals surface area contributed by atoms with Gasteiger partial charge >= 0.3 is 0 Å². The number of aromatic nitrogens is 2. The fourth-order valence-corrected chi connectivity index (χ4v) is 2.96. The first-order valence-electron chi connectivity index (χ1n) is 9.04. The lowest BCUT2D eigenvalue weighted by molar-refractivity contribution is 0.0740. The predicted octanol–water partition coefficient (Wildman–Crippen LogP) is 1.55. The van der Waals surface area contributed by atoms with Gasteiger partial charge < -0.3 is 20.0 Å². The fourth-order valence-electron chi connectivity index (χ4n) is 2.96. The van der Waals surface area contributed by atoms with Gasteiger partial charge in [0.15, 0.2) is 0 Å². The van der Waals surface area contributed by atoms with Gasteiger partial charge in [-0.3, -0.25) is 4.79 Å². The van der Waals surface area contributed by atoms with E-state index >= 15 is 0 Å². The van der Waals surface area contributed by atoms with Crippen LogP contribution in [0, 0.1) is 5.82 Å². The number of nitrogens with one attached hydrogen (secondary N) is 1. The number of carbonyl (C=O) groups excluding carboxylic acids is 1. The van der Waals surface area contributed by atoms with E-state index in [4.69, 9.17) is 0 Å². The first-order valence-corrected chi connectivity index (χ1v) is 9.04. The van der Waals surface area contributed by atoms with E-state index in [0.717, 1.165) is 13.1 Å². The maximum absolute atomic E-state index is 13.9. The minimum Gasteiger partial charge on any atom is -0.368 e. The Hall–Kier alpha value is -2.74. The van der Waals surface area contributed by atoms with Crippen molar-refractivity contribution < 1.29 is 9.18 Å². The summed E-state index contributed by atoms with van der Waals surface area (Å²) in [6, 6.07) is 6.72. The molecule has 0 saturated carbocycles. The molecule has 144 valence electrons. The molecular formula is C19H25FN6O. The molecule has 1 N–H and O–H groups in total. The number of amides is 1. The van der Waals surface area contributed by atoms with Crippen LogP contribution in [0.25, 0.3) is 0 Å². The Kier molecular flexibility index (Phi) is 6.18. The standard InChI is InChI=1S/C19H25FN6O/c1-24(2)8-7-21-18-14-22-16(13-23-18)19(27)26-11-9-25(10-12-26)17-6-4-3-5-15(17)20/h3-6,13-14H,7-12H2,1-2H3,(H,21,23). The highest BCUT2D eigenvalue weighted by atomic mass is 19.1. The highest BCUT2D eigenvalue weighted by molar-refractivity contribution is 5.92. The van der Waals surface area contributed by atoms with E-state index in [2.05, 4.69) is 20.2 Å². The maximum Gasteiger partial charge on any atom is 0.274 e. The van der Waals surface area contributed by atoms with Gasteiger partial charge in [0, 0.05) is 39.3 Å². The van der Waals surface area contributed by atoms with Crippen LogP contribution in [0.4, 0.5) is 15.9 Å². The monoisotopic (exact) mass is 372 g/mol. The van der Waals surface area contributed by atoms with E-state index < -0.39 is 0 Å². The molecule has 7 nitrogen and oxygen atoms in total. The molecule has 27 heavy (non-hydrogen) atoms. The number of halogens is 1. The van der Waals surface area contributed by atoms with E-state index in [-0.39, 0.29) is 11.7 Å². The van der Waals surface area contributed by atoms with Crippen LogP contribution in [-0.2, 0) is 0 Å². The lowest BCUT2D eigenvalue weighted by atomic mass is 10.2. The van der Waals surface area contributed by atoms with Crippen molar-refractivity contribution in [3.8, 4) is 0 Å². The van der Waals surface area contributed by atoms with E-state index in [1.807, 2.05) is 25.1 Å². The van der Waals surface area contributed by atoms with Gasteiger partial charge in [-0.15, -0.1) is 0 Å². The lowest BCUT2D eigenvalue weighted by Gasteiger charge is -2.36. The number of benzene rings is 1. The Bertz CT molecular complexity index is 759. The topological polar surface area (TPSA) is 64.6 Å². The zero-order valence-electron chi connectivity index (χ0n) is 15.7. The third-order valence-electron chi connectivity index (χ3n) is 4.50. The highest BCUT2D eigenvalue weighted by Gasteiger charge is 2.24. The highest BCUT2D eigenvalue weighted by Crippen LogP contribution is 2.20. The fraction of sp³-hybridized carbons (Fsp3) is 0.421. The largest absolute Gasteiger partial charge is 0.368 e. The van der Waals surface area contributed by atoms with Gasteiger partial charge in [0.25, 0.3) is 5.91 Å². The van der Waals surface area contributed by atoms with Crippen LogP contribution in [0.2, 0.25) is 0 Å². The number of nitrogens with zero attached hydrogens (tertiary/aromatic N) is 5. The second-order valence-corrected chi connectivity index (χ2v) is 6.75. The van der Waals surface area contributed by atoms with Crippen LogP contribution in [0.3, 0.4) is 0 Å². The first-order chi connectivity index (χ1) is 13.0. The number of hydrogen-bond donors (Lipinski definition) is 1. The average Bonchev–Trinajstić information content (AvgIpc) is 2.68. The summed E-state index contributed by atoms with van der Waals surface area (Å²) in [4.78, 5) is 26.9. The molecule has 3 rings (SSSR count). The van der Waals surface area contributed by atoms with Gasteiger partial charge in [-0.25, -0.2) is 14.4 Å². The van der Waals surface area contributed by atoms with Gasteiger partial charge in [0.1, 0.15) is 17.3 Å². The maximum atomic E-state index is 13.9. The van der Waals surface area contributed by atoms with Crippen LogP contribution in [0.5, 0.6) is 0 Å². The smallest absolute Gasteiger partial charge is 0.274 e. The summed E-state index contributed by atoms with van der Waals surface area (Å²) in [7, 11) is 4.00. The van der Waals surface area contributed by atoms with Crippen LogP contribution < -0.4 is 10.2 Å². The molecule has 1 fully saturated rings. The molecule has 1 aliphatic heterocycles. The van der Waals surface area contributed by atoms with E-state index in [0.29, 0.717) is 43.4 Å². The lowest BCUT2D eigenvalue weighted by Crippen LogP contribution is -2.49. The Balaban J connectivity index is 1.54. The number of carbonyl (C=O) groups is 1. The minimum absolute atomic E-state index is 0.143. The van der Waals surface area contributed by atoms with E-state index in [1.54, 1.807) is 23.2 Å². The van der Waals surface area contributed by atoms with Crippen molar-refractivity contribution in [3.63, 3.8) is 0 Å². The first kappa shape index (κ1) is 19.0. The van der Waals surface area contributed by atoms with E-state index in [1.165, 1.54) is 12.3 Å². The van der Waals surface area contributed by atoms with Crippen molar-refractivity contribution in [2.45, 2.75) is 0 Å². The molecule has 0 aliphatic carbocycles. The van der Waals surface area contributed by atoms with Gasteiger partial charge in [0.05, 0.1) is 18.1 Å². The van der Waals surface area contributed by atoms with Crippen molar-refractivity contribution in [1.29, 1.82) is 0 Å². The van der Waals surface area contributed by atoms with Crippen molar-refractivity contribution in [2.24, 2.45) is 0 Å². The second-order valence-electron chi connectivity index (χ2n) is 6.75. The summed E-state index contributed by atoms with van der Waals surface area (Å²) in [5.41, 5.74) is 0.907. The molecule has 1 aromatic carbocycles. The average molecular weight is 372 g/mol. The zero-order valence-corrected chi connectivity index (χ0v) is 15.7. The SMILES string of the molecule is CN(C)CCNc1cnc(C(=O)N2CCN(c3ccccc3F)CC2)cn1. The quantitative estimate of drug-likeness (QED) is 0.830. The Labute approximate surface area is 158 Å². The predicted molar refractivity (Wildman–Crippen MR) is 104 cm³/mol. The normalized spacial score (nSPS) is 14.5. The summed E-state index contributed by atoms with van der Waals surface area (Å²) in [5, 5.41) is 3.17. The van der Waals surface area contributed by atoms with Gasteiger partial charge in [-0.1, -0.05) is 12.1 Å². The van der Waals surface area contributed by atoms with Crippen molar-refractivity contribution in [2.75, 3.05) is 63.6 Å². The minimum atomic E-state index is -0.236. The third-order valence-corrected chi connectivity index (χ3v) is 4.50. The Morgan fingerprint density at radius 1 is 1.15 bits per heavy atom. The molecule has 1 aliphatic rings. The number of para-hydroxylation sites is 1. The molecule has 0 atom stereocenters. The summed E-state index contributed by atoms with van der Waals surface area (Å²) >= 11 is 0. The zero-order chi connectivity index (χ0) is 19.2. The molecule has 0 unspecified atom stereocenters. The van der Waals surface area contributed by atoms with Crippen molar-refractivity contribution in [1.82, 2.24) is 19.8 Å². The molecule has 1 saturated heterocycles. The molecule has 1 aromatic heterocycles. The van der Waals surface area contributed by atoms with Crippen LogP contribution in [0.1, 0.15) is 10.5 Å². The van der Waals surface area contributed by atoms with E-state index in [9.17, 15) is 9.18 Å². The molecular weight excluding hydrogens is 347 g/mol. The number of anilines is 2. The summed E-state index contributed by atoms with van der Waals surface area (Å²) in [6.45, 7) is 3.87. The summed E-state index contributed by atoms with van der Waals surface area (Å²) in [5.74, 6) is 0.272. The molecule has 2 heterocycles.